The van der Waals surface area contributed by atoms with Crippen LogP contribution >= 0.6 is 11.3 Å². The number of piperidine rings is 1. The minimum absolute atomic E-state index is 0.0226. The van der Waals surface area contributed by atoms with E-state index in [-0.39, 0.29) is 40.3 Å². The molecule has 0 saturated carbocycles. The summed E-state index contributed by atoms with van der Waals surface area (Å²) in [6.07, 6.45) is 1.28. The second kappa shape index (κ2) is 14.2. The molecule has 2 heterocycles. The molecule has 4 aromatic rings. The molecule has 0 unspecified atom stereocenters. The van der Waals surface area contributed by atoms with Gasteiger partial charge < -0.3 is 14.8 Å². The summed E-state index contributed by atoms with van der Waals surface area (Å²) in [7, 11) is -3.42. The van der Waals surface area contributed by atoms with Gasteiger partial charge in [0.15, 0.2) is 10.6 Å². The number of benzene rings is 3. The molecular weight excluding hydrogens is 631 g/mol. The molecule has 11 nitrogen and oxygen atoms in total. The van der Waals surface area contributed by atoms with E-state index in [9.17, 15) is 28.1 Å². The topological polar surface area (TPSA) is 145 Å². The lowest BCUT2D eigenvalue weighted by atomic mass is 10.0. The Morgan fingerprint density at radius 1 is 1.02 bits per heavy atom. The molecule has 0 radical (unpaired) electrons. The molecule has 13 heteroatoms. The van der Waals surface area contributed by atoms with E-state index in [1.807, 2.05) is 54.6 Å². The number of nitrogens with one attached hydrogen (secondary N) is 1. The maximum Gasteiger partial charge on any atom is 0.352 e. The average molecular weight is 664 g/mol. The number of para-hydroxylation sites is 1. The number of hydrogen-bond donors (Lipinski definition) is 1. The van der Waals surface area contributed by atoms with Crippen LogP contribution in [-0.2, 0) is 31.9 Å². The Balaban J connectivity index is 1.28. The van der Waals surface area contributed by atoms with Gasteiger partial charge in [-0.05, 0) is 49.1 Å². The SMILES string of the molecule is CC(=O)Oc1c(C(=O)OCc2ccccc2[N+](=O)[O-])sc(-c2cccc(NC3CCN(S(=O)(=O)Cc4ccccc4)CC3)c2)c1C. The van der Waals surface area contributed by atoms with Crippen molar-refractivity contribution in [2.24, 2.45) is 0 Å². The third-order valence-corrected chi connectivity index (χ3v) is 10.8. The predicted molar refractivity (Wildman–Crippen MR) is 175 cm³/mol. The van der Waals surface area contributed by atoms with E-state index in [2.05, 4.69) is 5.32 Å². The van der Waals surface area contributed by atoms with Crippen molar-refractivity contribution < 1.29 is 32.4 Å². The molecule has 0 atom stereocenters. The Morgan fingerprint density at radius 3 is 2.41 bits per heavy atom. The number of esters is 2. The van der Waals surface area contributed by atoms with E-state index in [4.69, 9.17) is 9.47 Å². The number of ether oxygens (including phenoxy) is 2. The van der Waals surface area contributed by atoms with E-state index >= 15 is 0 Å². The van der Waals surface area contributed by atoms with Crippen LogP contribution in [0.15, 0.2) is 78.9 Å². The van der Waals surface area contributed by atoms with Gasteiger partial charge in [0, 0.05) is 48.2 Å². The number of sulfonamides is 1. The minimum atomic E-state index is -3.42. The first-order chi connectivity index (χ1) is 22.0. The van der Waals surface area contributed by atoms with Gasteiger partial charge in [-0.2, -0.15) is 0 Å². The molecule has 3 aromatic carbocycles. The summed E-state index contributed by atoms with van der Waals surface area (Å²) in [5.41, 5.74) is 3.01. The van der Waals surface area contributed by atoms with Gasteiger partial charge >= 0.3 is 11.9 Å². The normalized spacial score (nSPS) is 14.0. The van der Waals surface area contributed by atoms with E-state index in [1.165, 1.54) is 25.1 Å². The fourth-order valence-electron chi connectivity index (χ4n) is 5.33. The third kappa shape index (κ3) is 7.79. The summed E-state index contributed by atoms with van der Waals surface area (Å²) in [5.74, 6) is -1.31. The van der Waals surface area contributed by atoms with E-state index < -0.39 is 26.9 Å². The van der Waals surface area contributed by atoms with Gasteiger partial charge in [0.05, 0.1) is 16.2 Å². The van der Waals surface area contributed by atoms with Gasteiger partial charge in [0.1, 0.15) is 6.61 Å². The largest absolute Gasteiger partial charge is 0.456 e. The van der Waals surface area contributed by atoms with Crippen molar-refractivity contribution in [2.45, 2.75) is 45.1 Å². The van der Waals surface area contributed by atoms with Crippen LogP contribution in [0.2, 0.25) is 0 Å². The van der Waals surface area contributed by atoms with Crippen LogP contribution in [0, 0.1) is 17.0 Å². The first-order valence-electron chi connectivity index (χ1n) is 14.6. The van der Waals surface area contributed by atoms with Gasteiger partial charge in [0.25, 0.3) is 5.69 Å². The maximum absolute atomic E-state index is 13.2. The fourth-order valence-corrected chi connectivity index (χ4v) is 8.02. The third-order valence-electron chi connectivity index (χ3n) is 7.60. The van der Waals surface area contributed by atoms with Crippen molar-refractivity contribution in [3.8, 4) is 16.2 Å². The van der Waals surface area contributed by atoms with Crippen LogP contribution < -0.4 is 10.1 Å². The number of rotatable bonds is 11. The summed E-state index contributed by atoms with van der Waals surface area (Å²) in [6.45, 7) is 3.49. The van der Waals surface area contributed by atoms with Crippen LogP contribution in [0.25, 0.3) is 10.4 Å². The zero-order valence-corrected chi connectivity index (χ0v) is 26.9. The van der Waals surface area contributed by atoms with Crippen molar-refractivity contribution in [1.29, 1.82) is 0 Å². The summed E-state index contributed by atoms with van der Waals surface area (Å²) < 4.78 is 38.4. The zero-order chi connectivity index (χ0) is 32.8. The zero-order valence-electron chi connectivity index (χ0n) is 25.3. The lowest BCUT2D eigenvalue weighted by molar-refractivity contribution is -0.385. The minimum Gasteiger partial charge on any atom is -0.456 e. The quantitative estimate of drug-likeness (QED) is 0.111. The van der Waals surface area contributed by atoms with Crippen molar-refractivity contribution >= 4 is 44.7 Å². The molecule has 46 heavy (non-hydrogen) atoms. The maximum atomic E-state index is 13.2. The first kappa shape index (κ1) is 32.8. The number of nitrogens with zero attached hydrogens (tertiary/aromatic N) is 2. The highest BCUT2D eigenvalue weighted by Gasteiger charge is 2.29. The molecule has 5 rings (SSSR count). The number of nitro benzene ring substituents is 1. The first-order valence-corrected chi connectivity index (χ1v) is 17.0. The van der Waals surface area contributed by atoms with Crippen molar-refractivity contribution in [2.75, 3.05) is 18.4 Å². The molecule has 1 aliphatic rings. The van der Waals surface area contributed by atoms with Crippen LogP contribution in [0.5, 0.6) is 5.75 Å². The van der Waals surface area contributed by atoms with E-state index in [1.54, 1.807) is 17.3 Å². The van der Waals surface area contributed by atoms with Crippen LogP contribution in [0.4, 0.5) is 11.4 Å². The smallest absolute Gasteiger partial charge is 0.352 e. The number of carbonyl (C=O) groups is 2. The number of nitro groups is 1. The number of thiophene rings is 1. The molecular formula is C33H33N3O8S2. The Bertz CT molecular complexity index is 1850. The highest BCUT2D eigenvalue weighted by atomic mass is 32.2. The molecule has 0 spiro atoms. The molecule has 0 amide bonds. The Labute approximate surface area is 271 Å². The van der Waals surface area contributed by atoms with E-state index in [0.717, 1.165) is 28.2 Å². The lowest BCUT2D eigenvalue weighted by Gasteiger charge is -2.32. The number of hydrogen-bond acceptors (Lipinski definition) is 10. The van der Waals surface area contributed by atoms with Crippen LogP contribution in [0.1, 0.15) is 46.1 Å². The fraction of sp³-hybridized carbons (Fsp3) is 0.273. The monoisotopic (exact) mass is 663 g/mol. The second-order valence-corrected chi connectivity index (χ2v) is 13.9. The Kier molecular flexibility index (Phi) is 10.1. The average Bonchev–Trinajstić information content (AvgIpc) is 3.35. The summed E-state index contributed by atoms with van der Waals surface area (Å²) in [5, 5.41) is 14.9. The lowest BCUT2D eigenvalue weighted by Crippen LogP contribution is -2.42. The van der Waals surface area contributed by atoms with Crippen LogP contribution in [0.3, 0.4) is 0 Å². The molecule has 1 fully saturated rings. The molecule has 240 valence electrons. The van der Waals surface area contributed by atoms with Gasteiger partial charge in [-0.25, -0.2) is 17.5 Å². The number of carbonyl (C=O) groups excluding carboxylic acids is 2. The molecule has 0 aliphatic carbocycles. The molecule has 1 N–H and O–H groups in total. The standard InChI is InChI=1S/C33H33N3O8S2/c1-22-30(44-23(2)37)32(33(38)43-20-26-11-6-7-14-29(26)36(39)40)45-31(22)25-12-8-13-28(19-25)34-27-15-17-35(18-16-27)46(41,42)21-24-9-4-3-5-10-24/h3-14,19,27,34H,15-18,20-21H2,1-2H3. The van der Waals surface area contributed by atoms with Crippen molar-refractivity contribution in [3.63, 3.8) is 0 Å². The summed E-state index contributed by atoms with van der Waals surface area (Å²) in [6, 6.07) is 22.8. The van der Waals surface area contributed by atoms with Crippen LogP contribution in [-0.4, -0.2) is 48.7 Å². The van der Waals surface area contributed by atoms with Gasteiger partial charge in [0.2, 0.25) is 10.0 Å². The van der Waals surface area contributed by atoms with Gasteiger partial charge in [-0.1, -0.05) is 54.6 Å². The van der Waals surface area contributed by atoms with Gasteiger partial charge in [-0.3, -0.25) is 14.9 Å². The highest BCUT2D eigenvalue weighted by Crippen LogP contribution is 2.42. The second-order valence-electron chi connectivity index (χ2n) is 10.9. The molecule has 1 aromatic heterocycles. The van der Waals surface area contributed by atoms with Gasteiger partial charge in [-0.15, -0.1) is 11.3 Å². The van der Waals surface area contributed by atoms with E-state index in [0.29, 0.717) is 36.4 Å². The molecule has 1 aliphatic heterocycles. The molecule has 1 saturated heterocycles. The Hall–Kier alpha value is -4.59. The highest BCUT2D eigenvalue weighted by molar-refractivity contribution is 7.88. The van der Waals surface area contributed by atoms with Crippen molar-refractivity contribution in [1.82, 2.24) is 4.31 Å². The van der Waals surface area contributed by atoms with Crippen molar-refractivity contribution in [3.05, 3.63) is 111 Å². The molecule has 0 bridgehead atoms. The predicted octanol–water partition coefficient (Wildman–Crippen LogP) is 6.32. The number of anilines is 1. The summed E-state index contributed by atoms with van der Waals surface area (Å²) >= 11 is 1.11. The Morgan fingerprint density at radius 2 is 1.72 bits per heavy atom. The summed E-state index contributed by atoms with van der Waals surface area (Å²) in [4.78, 5) is 36.7.